The zero-order valence-corrected chi connectivity index (χ0v) is 18.0. The maximum absolute atomic E-state index is 11.3. The van der Waals surface area contributed by atoms with Crippen LogP contribution in [0.4, 0.5) is 17.3 Å². The number of fused-ring (bicyclic) bond motifs is 3. The molecular weight excluding hydrogens is 410 g/mol. The summed E-state index contributed by atoms with van der Waals surface area (Å²) in [7, 11) is 0. The van der Waals surface area contributed by atoms with Crippen LogP contribution in [0.25, 0.3) is 21.1 Å². The molecule has 5 rings (SSSR count). The number of carbonyl (C=O) groups excluding carboxylic acids is 1. The molecule has 0 atom stereocenters. The number of benzene rings is 2. The lowest BCUT2D eigenvalue weighted by Crippen LogP contribution is -2.42. The predicted octanol–water partition coefficient (Wildman–Crippen LogP) is 3.35. The van der Waals surface area contributed by atoms with Gasteiger partial charge < -0.3 is 16.0 Å². The lowest BCUT2D eigenvalue weighted by molar-refractivity contribution is -0.114. The van der Waals surface area contributed by atoms with Crippen molar-refractivity contribution in [1.82, 2.24) is 25.2 Å². The number of rotatable bonds is 5. The number of nitrogens with one attached hydrogen (secondary N) is 3. The van der Waals surface area contributed by atoms with Crippen LogP contribution in [0, 0.1) is 0 Å². The Morgan fingerprint density at radius 2 is 1.97 bits per heavy atom. The minimum atomic E-state index is -0.110. The van der Waals surface area contributed by atoms with E-state index in [0.717, 1.165) is 70.2 Å². The third kappa shape index (κ3) is 4.48. The summed E-state index contributed by atoms with van der Waals surface area (Å²) >= 11 is 1.73. The van der Waals surface area contributed by atoms with Crippen molar-refractivity contribution in [3.63, 3.8) is 0 Å². The van der Waals surface area contributed by atoms with Gasteiger partial charge in [-0.2, -0.15) is 0 Å². The molecule has 3 heterocycles. The third-order valence-electron chi connectivity index (χ3n) is 5.16. The van der Waals surface area contributed by atoms with Crippen molar-refractivity contribution < 1.29 is 4.79 Å². The first-order valence-electron chi connectivity index (χ1n) is 10.3. The second-order valence-electron chi connectivity index (χ2n) is 7.56. The van der Waals surface area contributed by atoms with Crippen molar-refractivity contribution in [1.29, 1.82) is 0 Å². The number of anilines is 3. The molecule has 3 N–H and O–H groups in total. The number of nitrogens with zero attached hydrogens (tertiary/aromatic N) is 4. The van der Waals surface area contributed by atoms with E-state index in [0.29, 0.717) is 5.95 Å². The van der Waals surface area contributed by atoms with Gasteiger partial charge >= 0.3 is 0 Å². The molecule has 4 aromatic rings. The minimum absolute atomic E-state index is 0.110. The quantitative estimate of drug-likeness (QED) is 0.444. The van der Waals surface area contributed by atoms with Gasteiger partial charge in [0, 0.05) is 56.1 Å². The summed E-state index contributed by atoms with van der Waals surface area (Å²) in [5.41, 5.74) is 3.29. The fourth-order valence-electron chi connectivity index (χ4n) is 3.72. The van der Waals surface area contributed by atoms with Crippen molar-refractivity contribution >= 4 is 55.7 Å². The highest BCUT2D eigenvalue weighted by atomic mass is 32.1. The molecule has 158 valence electrons. The van der Waals surface area contributed by atoms with Gasteiger partial charge in [-0.1, -0.05) is 6.07 Å². The van der Waals surface area contributed by atoms with Gasteiger partial charge in [-0.05, 0) is 30.3 Å². The van der Waals surface area contributed by atoms with Gasteiger partial charge in [-0.25, -0.2) is 15.0 Å². The largest absolute Gasteiger partial charge is 0.326 e. The smallest absolute Gasteiger partial charge is 0.227 e. The molecule has 2 aromatic heterocycles. The molecule has 0 spiro atoms. The Morgan fingerprint density at radius 3 is 2.81 bits per heavy atom. The molecule has 1 fully saturated rings. The van der Waals surface area contributed by atoms with E-state index in [1.54, 1.807) is 11.3 Å². The van der Waals surface area contributed by atoms with E-state index >= 15 is 0 Å². The predicted molar refractivity (Wildman–Crippen MR) is 125 cm³/mol. The van der Waals surface area contributed by atoms with Gasteiger partial charge in [0.1, 0.15) is 16.0 Å². The minimum Gasteiger partial charge on any atom is -0.326 e. The van der Waals surface area contributed by atoms with Gasteiger partial charge in [0.15, 0.2) is 0 Å². The van der Waals surface area contributed by atoms with Crippen molar-refractivity contribution in [2.45, 2.75) is 13.5 Å². The Bertz CT molecular complexity index is 1250. The first-order valence-corrected chi connectivity index (χ1v) is 11.1. The van der Waals surface area contributed by atoms with Crippen LogP contribution >= 0.6 is 11.3 Å². The fraction of sp³-hybridized carbons (Fsp3) is 0.273. The maximum Gasteiger partial charge on any atom is 0.227 e. The molecule has 0 radical (unpaired) electrons. The lowest BCUT2D eigenvalue weighted by atomic mass is 10.2. The SMILES string of the molecule is CC(=O)Nc1cccc(Nc2ncc3ccc4sc(CN5CCNCC5)nc4c3n2)c1. The topological polar surface area (TPSA) is 95.1 Å². The Labute approximate surface area is 183 Å². The number of piperazine rings is 1. The van der Waals surface area contributed by atoms with E-state index in [-0.39, 0.29) is 5.91 Å². The van der Waals surface area contributed by atoms with E-state index in [1.165, 1.54) is 6.92 Å². The standard InChI is InChI=1S/C22H23N7OS/c1-14(30)25-16-3-2-4-17(11-16)26-22-24-12-15-5-6-18-21(20(15)28-22)27-19(31-18)13-29-9-7-23-8-10-29/h2-6,11-12,23H,7-10,13H2,1H3,(H,25,30)(H,24,26,28). The van der Waals surface area contributed by atoms with Crippen LogP contribution in [0.2, 0.25) is 0 Å². The fourth-order valence-corrected chi connectivity index (χ4v) is 4.74. The van der Waals surface area contributed by atoms with E-state index in [1.807, 2.05) is 36.5 Å². The number of carbonyl (C=O) groups is 1. The molecule has 2 aromatic carbocycles. The van der Waals surface area contributed by atoms with Crippen LogP contribution in [-0.2, 0) is 11.3 Å². The Hall–Kier alpha value is -3.14. The average Bonchev–Trinajstić information content (AvgIpc) is 3.17. The first kappa shape index (κ1) is 19.8. The summed E-state index contributed by atoms with van der Waals surface area (Å²) in [5, 5.41) is 11.5. The highest BCUT2D eigenvalue weighted by Crippen LogP contribution is 2.30. The first-order chi connectivity index (χ1) is 15.1. The molecule has 0 bridgehead atoms. The zero-order chi connectivity index (χ0) is 21.2. The summed E-state index contributed by atoms with van der Waals surface area (Å²) in [6.07, 6.45) is 1.82. The summed E-state index contributed by atoms with van der Waals surface area (Å²) in [4.78, 5) is 27.9. The van der Waals surface area contributed by atoms with Gasteiger partial charge in [0.2, 0.25) is 11.9 Å². The highest BCUT2D eigenvalue weighted by Gasteiger charge is 2.15. The van der Waals surface area contributed by atoms with E-state index in [9.17, 15) is 4.79 Å². The van der Waals surface area contributed by atoms with E-state index in [4.69, 9.17) is 9.97 Å². The van der Waals surface area contributed by atoms with Gasteiger partial charge in [0.25, 0.3) is 0 Å². The number of thiazole rings is 1. The summed E-state index contributed by atoms with van der Waals surface area (Å²) in [6.45, 7) is 6.50. The molecule has 0 aliphatic carbocycles. The Morgan fingerprint density at radius 1 is 1.13 bits per heavy atom. The van der Waals surface area contributed by atoms with E-state index < -0.39 is 0 Å². The normalized spacial score (nSPS) is 14.7. The van der Waals surface area contributed by atoms with Gasteiger partial charge in [-0.15, -0.1) is 11.3 Å². The molecule has 8 nitrogen and oxygen atoms in total. The van der Waals surface area contributed by atoms with Crippen LogP contribution < -0.4 is 16.0 Å². The van der Waals surface area contributed by atoms with Crippen LogP contribution in [0.5, 0.6) is 0 Å². The molecule has 31 heavy (non-hydrogen) atoms. The molecule has 0 saturated carbocycles. The van der Waals surface area contributed by atoms with Crippen molar-refractivity contribution in [3.05, 3.63) is 47.6 Å². The number of amides is 1. The summed E-state index contributed by atoms with van der Waals surface area (Å²) in [6, 6.07) is 11.6. The van der Waals surface area contributed by atoms with Gasteiger partial charge in [0.05, 0.1) is 11.2 Å². The second-order valence-corrected chi connectivity index (χ2v) is 8.68. The molecule has 1 aliphatic heterocycles. The van der Waals surface area contributed by atoms with E-state index in [2.05, 4.69) is 31.9 Å². The number of hydrogen-bond donors (Lipinski definition) is 3. The van der Waals surface area contributed by atoms with Crippen molar-refractivity contribution in [2.24, 2.45) is 0 Å². The lowest BCUT2D eigenvalue weighted by Gasteiger charge is -2.25. The average molecular weight is 434 g/mol. The van der Waals surface area contributed by atoms with Crippen LogP contribution in [0.3, 0.4) is 0 Å². The number of aromatic nitrogens is 3. The highest BCUT2D eigenvalue weighted by molar-refractivity contribution is 7.18. The molecule has 0 unspecified atom stereocenters. The second kappa shape index (κ2) is 8.54. The third-order valence-corrected chi connectivity index (χ3v) is 6.17. The van der Waals surface area contributed by atoms with Crippen LogP contribution in [0.1, 0.15) is 11.9 Å². The molecule has 1 amide bonds. The summed E-state index contributed by atoms with van der Waals surface area (Å²) < 4.78 is 1.13. The number of hydrogen-bond acceptors (Lipinski definition) is 8. The molecule has 9 heteroatoms. The molecule has 1 aliphatic rings. The summed E-state index contributed by atoms with van der Waals surface area (Å²) in [5.74, 6) is 0.387. The van der Waals surface area contributed by atoms with Crippen molar-refractivity contribution in [3.8, 4) is 0 Å². The molecular formula is C22H23N7OS. The Kier molecular flexibility index (Phi) is 5.46. The van der Waals surface area contributed by atoms with Crippen molar-refractivity contribution in [2.75, 3.05) is 36.8 Å². The van der Waals surface area contributed by atoms with Crippen LogP contribution in [0.15, 0.2) is 42.6 Å². The monoisotopic (exact) mass is 433 g/mol. The Balaban J connectivity index is 1.44. The van der Waals surface area contributed by atoms with Crippen LogP contribution in [-0.4, -0.2) is 51.9 Å². The maximum atomic E-state index is 11.3. The van der Waals surface area contributed by atoms with Gasteiger partial charge in [-0.3, -0.25) is 9.69 Å². The molecule has 1 saturated heterocycles. The zero-order valence-electron chi connectivity index (χ0n) is 17.2.